The number of ether oxygens (including phenoxy) is 1. The molecular weight excluding hydrogens is 238 g/mol. The summed E-state index contributed by atoms with van der Waals surface area (Å²) in [4.78, 5) is 26.8. The Hall–Kier alpha value is -1.60. The Kier molecular flexibility index (Phi) is 4.69. The number of nitrogens with one attached hydrogen (secondary N) is 1. The molecule has 0 heterocycles. The fraction of sp³-hybridized carbons (Fsp3) is 0.636. The fourth-order valence-electron chi connectivity index (χ4n) is 1.82. The zero-order valence-electron chi connectivity index (χ0n) is 10.4. The topological polar surface area (TPSA) is 117 Å². The molecule has 0 bridgehead atoms. The lowest BCUT2D eigenvalue weighted by Gasteiger charge is -2.29. The zero-order valence-corrected chi connectivity index (χ0v) is 10.4. The summed E-state index contributed by atoms with van der Waals surface area (Å²) >= 11 is 0. The summed E-state index contributed by atoms with van der Waals surface area (Å²) in [6.45, 7) is 4.80. The average Bonchev–Trinajstić information content (AvgIpc) is 2.78. The molecule has 1 saturated carbocycles. The molecule has 1 fully saturated rings. The minimum Gasteiger partial charge on any atom is -0.412 e. The first kappa shape index (κ1) is 14.5. The predicted octanol–water partition coefficient (Wildman–Crippen LogP) is 0.508. The highest BCUT2D eigenvalue weighted by atomic mass is 16.7. The third kappa shape index (κ3) is 4.01. The second-order valence-corrected chi connectivity index (χ2v) is 4.50. The first-order valence-corrected chi connectivity index (χ1v) is 5.76. The average molecular weight is 257 g/mol. The Bertz CT molecular complexity index is 348. The van der Waals surface area contributed by atoms with E-state index in [-0.39, 0.29) is 11.5 Å². The third-order valence-corrected chi connectivity index (χ3v) is 2.84. The molecule has 0 aromatic heterocycles. The molecule has 0 spiro atoms. The molecule has 1 aliphatic rings. The Morgan fingerprint density at radius 1 is 1.33 bits per heavy atom. The summed E-state index contributed by atoms with van der Waals surface area (Å²) in [7, 11) is 0. The first-order valence-electron chi connectivity index (χ1n) is 5.76. The Balaban J connectivity index is 2.39. The summed E-state index contributed by atoms with van der Waals surface area (Å²) in [5, 5.41) is 0. The molecule has 0 aromatic carbocycles. The largest absolute Gasteiger partial charge is 0.443 e. The van der Waals surface area contributed by atoms with Crippen molar-refractivity contribution in [3.63, 3.8) is 0 Å². The second kappa shape index (κ2) is 5.83. The molecular formula is C11H19N3O4. The number of hydrogen-bond acceptors (Lipinski definition) is 6. The van der Waals surface area contributed by atoms with Crippen LogP contribution < -0.4 is 16.9 Å². The van der Waals surface area contributed by atoms with Gasteiger partial charge in [0, 0.05) is 11.5 Å². The Morgan fingerprint density at radius 3 is 2.39 bits per heavy atom. The molecule has 0 aliphatic heterocycles. The molecule has 0 radical (unpaired) electrons. The number of nitrogens with two attached hydrogens (primary N) is 2. The van der Waals surface area contributed by atoms with Gasteiger partial charge in [-0.1, -0.05) is 19.4 Å². The maximum absolute atomic E-state index is 11.3. The summed E-state index contributed by atoms with van der Waals surface area (Å²) in [6, 6.07) is 0. The van der Waals surface area contributed by atoms with Crippen molar-refractivity contribution in [2.24, 2.45) is 17.4 Å². The van der Waals surface area contributed by atoms with E-state index >= 15 is 0 Å². The minimum absolute atomic E-state index is 0.0832. The predicted molar refractivity (Wildman–Crippen MR) is 63.6 cm³/mol. The molecule has 0 aromatic rings. The highest BCUT2D eigenvalue weighted by Crippen LogP contribution is 2.30. The van der Waals surface area contributed by atoms with Crippen molar-refractivity contribution in [2.75, 3.05) is 0 Å². The third-order valence-electron chi connectivity index (χ3n) is 2.84. The molecule has 1 aliphatic carbocycles. The number of carbonyl (C=O) groups is 2. The van der Waals surface area contributed by atoms with E-state index < -0.39 is 17.9 Å². The van der Waals surface area contributed by atoms with E-state index in [0.717, 1.165) is 25.7 Å². The van der Waals surface area contributed by atoms with Crippen LogP contribution in [0.3, 0.4) is 0 Å². The van der Waals surface area contributed by atoms with Crippen LogP contribution in [-0.4, -0.2) is 17.9 Å². The molecule has 0 unspecified atom stereocenters. The normalized spacial score (nSPS) is 16.2. The molecule has 102 valence electrons. The van der Waals surface area contributed by atoms with Gasteiger partial charge in [-0.25, -0.2) is 9.59 Å². The van der Waals surface area contributed by atoms with Crippen LogP contribution in [0.25, 0.3) is 0 Å². The van der Waals surface area contributed by atoms with Gasteiger partial charge in [-0.2, -0.15) is 0 Å². The van der Waals surface area contributed by atoms with E-state index in [2.05, 4.69) is 11.4 Å². The van der Waals surface area contributed by atoms with E-state index in [0.29, 0.717) is 0 Å². The maximum Gasteiger partial charge on any atom is 0.443 e. The summed E-state index contributed by atoms with van der Waals surface area (Å²) in [6.07, 6.45) is 2.64. The smallest absolute Gasteiger partial charge is 0.412 e. The molecule has 7 heteroatoms. The minimum atomic E-state index is -1.55. The van der Waals surface area contributed by atoms with Gasteiger partial charge in [-0.3, -0.25) is 11.5 Å². The van der Waals surface area contributed by atoms with Gasteiger partial charge in [-0.15, -0.1) is 5.48 Å². The van der Waals surface area contributed by atoms with E-state index in [1.54, 1.807) is 0 Å². The van der Waals surface area contributed by atoms with Crippen molar-refractivity contribution in [3.8, 4) is 0 Å². The summed E-state index contributed by atoms with van der Waals surface area (Å²) in [5.74, 6) is -2.39. The van der Waals surface area contributed by atoms with Gasteiger partial charge in [0.15, 0.2) is 0 Å². The SMILES string of the molecule is C=C(C)C(=O)ONC(=O)OC(N)(N)C1CCCC1. The number of hydrogen-bond donors (Lipinski definition) is 3. The number of amides is 1. The van der Waals surface area contributed by atoms with E-state index in [9.17, 15) is 9.59 Å². The van der Waals surface area contributed by atoms with Gasteiger partial charge in [0.2, 0.25) is 5.85 Å². The van der Waals surface area contributed by atoms with Crippen LogP contribution >= 0.6 is 0 Å². The lowest BCUT2D eigenvalue weighted by atomic mass is 10.0. The van der Waals surface area contributed by atoms with Crippen molar-refractivity contribution < 1.29 is 19.2 Å². The highest BCUT2D eigenvalue weighted by Gasteiger charge is 2.37. The molecule has 5 N–H and O–H groups in total. The highest BCUT2D eigenvalue weighted by molar-refractivity contribution is 5.87. The van der Waals surface area contributed by atoms with E-state index in [1.165, 1.54) is 6.92 Å². The number of hydroxylamine groups is 1. The van der Waals surface area contributed by atoms with Gasteiger partial charge < -0.3 is 9.57 Å². The van der Waals surface area contributed by atoms with Gasteiger partial charge in [0.25, 0.3) is 0 Å². The molecule has 7 nitrogen and oxygen atoms in total. The van der Waals surface area contributed by atoms with Crippen LogP contribution in [0.15, 0.2) is 12.2 Å². The van der Waals surface area contributed by atoms with Crippen LogP contribution in [0, 0.1) is 5.92 Å². The van der Waals surface area contributed by atoms with Gasteiger partial charge in [0.05, 0.1) is 0 Å². The number of rotatable bonds is 3. The van der Waals surface area contributed by atoms with Gasteiger partial charge >= 0.3 is 12.1 Å². The molecule has 18 heavy (non-hydrogen) atoms. The molecule has 0 saturated heterocycles. The summed E-state index contributed by atoms with van der Waals surface area (Å²) < 4.78 is 4.85. The fourth-order valence-corrected chi connectivity index (χ4v) is 1.82. The van der Waals surface area contributed by atoms with Gasteiger partial charge in [-0.05, 0) is 19.8 Å². The van der Waals surface area contributed by atoms with Crippen molar-refractivity contribution >= 4 is 12.1 Å². The molecule has 1 amide bonds. The van der Waals surface area contributed by atoms with Crippen molar-refractivity contribution in [2.45, 2.75) is 38.5 Å². The second-order valence-electron chi connectivity index (χ2n) is 4.50. The van der Waals surface area contributed by atoms with Crippen LogP contribution in [0.5, 0.6) is 0 Å². The molecule has 1 rings (SSSR count). The monoisotopic (exact) mass is 257 g/mol. The van der Waals surface area contributed by atoms with Crippen molar-refractivity contribution in [1.82, 2.24) is 5.48 Å². The zero-order chi connectivity index (χ0) is 13.8. The Morgan fingerprint density at radius 2 is 1.89 bits per heavy atom. The van der Waals surface area contributed by atoms with Crippen LogP contribution in [0.2, 0.25) is 0 Å². The lowest BCUT2D eigenvalue weighted by Crippen LogP contribution is -2.59. The van der Waals surface area contributed by atoms with Crippen molar-refractivity contribution in [1.29, 1.82) is 0 Å². The molecule has 0 atom stereocenters. The lowest BCUT2D eigenvalue weighted by molar-refractivity contribution is -0.146. The Labute approximate surface area is 105 Å². The van der Waals surface area contributed by atoms with Crippen LogP contribution in [0.1, 0.15) is 32.6 Å². The number of carbonyl (C=O) groups excluding carboxylic acids is 2. The maximum atomic E-state index is 11.3. The van der Waals surface area contributed by atoms with Crippen molar-refractivity contribution in [3.05, 3.63) is 12.2 Å². The quantitative estimate of drug-likeness (QED) is 0.385. The summed E-state index contributed by atoms with van der Waals surface area (Å²) in [5.41, 5.74) is 13.4. The standard InChI is InChI=1S/C11H19N3O4/c1-7(2)9(15)18-14-10(16)17-11(12,13)8-5-3-4-6-8/h8H,1,3-6,12-13H2,2H3,(H,14,16). The van der Waals surface area contributed by atoms with Crippen LogP contribution in [0.4, 0.5) is 4.79 Å². The first-order chi connectivity index (χ1) is 8.33. The van der Waals surface area contributed by atoms with E-state index in [4.69, 9.17) is 16.2 Å². The van der Waals surface area contributed by atoms with Gasteiger partial charge in [0.1, 0.15) is 0 Å². The van der Waals surface area contributed by atoms with Crippen LogP contribution in [-0.2, 0) is 14.4 Å². The van der Waals surface area contributed by atoms with E-state index in [1.807, 2.05) is 5.48 Å².